The number of aryl methyl sites for hydroxylation is 1. The predicted octanol–water partition coefficient (Wildman–Crippen LogP) is 4.09. The molecule has 1 unspecified atom stereocenters. The predicted molar refractivity (Wildman–Crippen MR) is 71.7 cm³/mol. The topological polar surface area (TPSA) is 32.3 Å². The van der Waals surface area contributed by atoms with E-state index < -0.39 is 12.6 Å². The highest BCUT2D eigenvalue weighted by Gasteiger charge is 2.26. The van der Waals surface area contributed by atoms with Crippen LogP contribution >= 0.6 is 0 Å². The normalized spacial score (nSPS) is 18.9. The van der Waals surface area contributed by atoms with Gasteiger partial charge in [-0.2, -0.15) is 13.2 Å². The Hall–Kier alpha value is -1.23. The quantitative estimate of drug-likeness (QED) is 0.799. The van der Waals surface area contributed by atoms with Gasteiger partial charge >= 0.3 is 6.18 Å². The largest absolute Gasteiger partial charge is 0.508 e. The molecule has 0 radical (unpaired) electrons. The van der Waals surface area contributed by atoms with Crippen molar-refractivity contribution in [2.75, 3.05) is 6.54 Å². The second-order valence-electron chi connectivity index (χ2n) is 5.35. The van der Waals surface area contributed by atoms with Crippen molar-refractivity contribution in [3.05, 3.63) is 29.3 Å². The number of aromatic hydroxyl groups is 1. The Kier molecular flexibility index (Phi) is 4.91. The first kappa shape index (κ1) is 15.2. The van der Waals surface area contributed by atoms with Crippen LogP contribution in [0.2, 0.25) is 0 Å². The van der Waals surface area contributed by atoms with E-state index >= 15 is 0 Å². The molecule has 1 aromatic rings. The summed E-state index contributed by atoms with van der Waals surface area (Å²) in [7, 11) is 0. The van der Waals surface area contributed by atoms with E-state index in [0.29, 0.717) is 13.0 Å². The van der Waals surface area contributed by atoms with Gasteiger partial charge in [0.05, 0.1) is 0 Å². The Morgan fingerprint density at radius 3 is 2.80 bits per heavy atom. The molecule has 1 aromatic carbocycles. The number of fused-ring (bicyclic) bond motifs is 1. The van der Waals surface area contributed by atoms with E-state index in [4.69, 9.17) is 0 Å². The van der Waals surface area contributed by atoms with Gasteiger partial charge in [-0.3, -0.25) is 0 Å². The maximum Gasteiger partial charge on any atom is 0.389 e. The first-order valence-electron chi connectivity index (χ1n) is 7.07. The van der Waals surface area contributed by atoms with E-state index in [1.807, 2.05) is 6.07 Å². The third-order valence-corrected chi connectivity index (χ3v) is 3.72. The number of rotatable bonds is 5. The minimum Gasteiger partial charge on any atom is -0.508 e. The molecule has 1 aliphatic carbocycles. The van der Waals surface area contributed by atoms with E-state index in [1.165, 1.54) is 5.56 Å². The van der Waals surface area contributed by atoms with E-state index in [2.05, 4.69) is 5.32 Å². The van der Waals surface area contributed by atoms with Gasteiger partial charge in [-0.1, -0.05) is 6.07 Å². The molecule has 0 bridgehead atoms. The van der Waals surface area contributed by atoms with Crippen LogP contribution in [0.25, 0.3) is 0 Å². The average Bonchev–Trinajstić information content (AvgIpc) is 2.37. The summed E-state index contributed by atoms with van der Waals surface area (Å²) in [5.41, 5.74) is 2.31. The van der Waals surface area contributed by atoms with Crippen LogP contribution in [0.15, 0.2) is 18.2 Å². The fraction of sp³-hybridized carbons (Fsp3) is 0.600. The lowest BCUT2D eigenvalue weighted by molar-refractivity contribution is -0.135. The molecule has 0 amide bonds. The Labute approximate surface area is 117 Å². The highest BCUT2D eigenvalue weighted by Crippen LogP contribution is 2.32. The molecule has 0 heterocycles. The van der Waals surface area contributed by atoms with Crippen molar-refractivity contribution in [1.82, 2.24) is 5.32 Å². The summed E-state index contributed by atoms with van der Waals surface area (Å²) in [5, 5.41) is 12.9. The Morgan fingerprint density at radius 2 is 2.05 bits per heavy atom. The second-order valence-corrected chi connectivity index (χ2v) is 5.35. The molecule has 112 valence electrons. The molecule has 0 aromatic heterocycles. The Morgan fingerprint density at radius 1 is 1.25 bits per heavy atom. The summed E-state index contributed by atoms with van der Waals surface area (Å²) < 4.78 is 36.1. The van der Waals surface area contributed by atoms with Gasteiger partial charge in [0.25, 0.3) is 0 Å². The van der Waals surface area contributed by atoms with E-state index in [9.17, 15) is 18.3 Å². The Balaban J connectivity index is 1.82. The third kappa shape index (κ3) is 4.40. The van der Waals surface area contributed by atoms with Gasteiger partial charge in [0, 0.05) is 12.5 Å². The molecule has 2 N–H and O–H groups in total. The minimum atomic E-state index is -4.05. The van der Waals surface area contributed by atoms with Crippen LogP contribution in [0.3, 0.4) is 0 Å². The zero-order valence-corrected chi connectivity index (χ0v) is 11.3. The number of hydrogen-bond acceptors (Lipinski definition) is 2. The summed E-state index contributed by atoms with van der Waals surface area (Å²) in [6.45, 7) is 0.579. The van der Waals surface area contributed by atoms with Gasteiger partial charge < -0.3 is 10.4 Å². The maximum atomic E-state index is 12.0. The van der Waals surface area contributed by atoms with Crippen LogP contribution in [0, 0.1) is 0 Å². The van der Waals surface area contributed by atoms with Crippen LogP contribution in [0.1, 0.15) is 49.3 Å². The third-order valence-electron chi connectivity index (χ3n) is 3.72. The van der Waals surface area contributed by atoms with Crippen molar-refractivity contribution >= 4 is 0 Å². The number of benzene rings is 1. The van der Waals surface area contributed by atoms with Gasteiger partial charge in [0.1, 0.15) is 5.75 Å². The van der Waals surface area contributed by atoms with Crippen molar-refractivity contribution in [2.24, 2.45) is 0 Å². The smallest absolute Gasteiger partial charge is 0.389 e. The van der Waals surface area contributed by atoms with Crippen LogP contribution in [-0.2, 0) is 6.42 Å². The number of unbranched alkanes of at least 4 members (excludes halogenated alkanes) is 1. The number of hydrogen-bond donors (Lipinski definition) is 2. The molecule has 5 heteroatoms. The lowest BCUT2D eigenvalue weighted by Gasteiger charge is -2.26. The van der Waals surface area contributed by atoms with Crippen molar-refractivity contribution in [3.8, 4) is 5.75 Å². The van der Waals surface area contributed by atoms with E-state index in [0.717, 1.165) is 24.8 Å². The molecule has 0 saturated heterocycles. The molecule has 0 fully saturated rings. The van der Waals surface area contributed by atoms with Crippen LogP contribution in [-0.4, -0.2) is 17.8 Å². The van der Waals surface area contributed by atoms with Crippen molar-refractivity contribution in [1.29, 1.82) is 0 Å². The molecule has 1 aliphatic rings. The van der Waals surface area contributed by atoms with Crippen molar-refractivity contribution in [2.45, 2.75) is 50.7 Å². The SMILES string of the molecule is Oc1ccc2c(c1)C(NCCCCC(F)(F)F)CCC2. The van der Waals surface area contributed by atoms with Crippen LogP contribution < -0.4 is 5.32 Å². The molecular formula is C15H20F3NO. The fourth-order valence-corrected chi connectivity index (χ4v) is 2.73. The maximum absolute atomic E-state index is 12.0. The number of alkyl halides is 3. The molecule has 0 aliphatic heterocycles. The highest BCUT2D eigenvalue weighted by atomic mass is 19.4. The van der Waals surface area contributed by atoms with E-state index in [-0.39, 0.29) is 18.2 Å². The molecule has 0 saturated carbocycles. The molecular weight excluding hydrogens is 267 g/mol. The zero-order valence-electron chi connectivity index (χ0n) is 11.3. The van der Waals surface area contributed by atoms with Gasteiger partial charge in [-0.15, -0.1) is 0 Å². The zero-order chi connectivity index (χ0) is 14.6. The van der Waals surface area contributed by atoms with Crippen molar-refractivity contribution in [3.63, 3.8) is 0 Å². The molecule has 0 spiro atoms. The minimum absolute atomic E-state index is 0.150. The summed E-state index contributed by atoms with van der Waals surface area (Å²) >= 11 is 0. The number of phenolic OH excluding ortho intramolecular Hbond substituents is 1. The lowest BCUT2D eigenvalue weighted by Crippen LogP contribution is -2.26. The summed E-state index contributed by atoms with van der Waals surface area (Å²) in [4.78, 5) is 0. The Bertz CT molecular complexity index is 445. The molecule has 2 rings (SSSR count). The lowest BCUT2D eigenvalue weighted by atomic mass is 9.87. The molecule has 1 atom stereocenters. The standard InChI is InChI=1S/C15H20F3NO/c16-15(17,18)8-1-2-9-19-14-5-3-4-11-6-7-12(20)10-13(11)14/h6-7,10,14,19-20H,1-5,8-9H2. The van der Waals surface area contributed by atoms with Gasteiger partial charge in [-0.25, -0.2) is 0 Å². The van der Waals surface area contributed by atoms with Gasteiger partial charge in [0.2, 0.25) is 0 Å². The van der Waals surface area contributed by atoms with Crippen LogP contribution in [0.5, 0.6) is 5.75 Å². The average molecular weight is 287 g/mol. The number of halogens is 3. The fourth-order valence-electron chi connectivity index (χ4n) is 2.73. The number of phenols is 1. The first-order chi connectivity index (χ1) is 9.46. The summed E-state index contributed by atoms with van der Waals surface area (Å²) in [6.07, 6.45) is -1.05. The van der Waals surface area contributed by atoms with Gasteiger partial charge in [-0.05, 0) is 61.9 Å². The summed E-state index contributed by atoms with van der Waals surface area (Å²) in [5.74, 6) is 0.245. The molecule has 2 nitrogen and oxygen atoms in total. The molecule has 20 heavy (non-hydrogen) atoms. The van der Waals surface area contributed by atoms with Crippen LogP contribution in [0.4, 0.5) is 13.2 Å². The summed E-state index contributed by atoms with van der Waals surface area (Å²) in [6, 6.07) is 5.53. The van der Waals surface area contributed by atoms with E-state index in [1.54, 1.807) is 12.1 Å². The highest BCUT2D eigenvalue weighted by molar-refractivity contribution is 5.38. The number of nitrogens with one attached hydrogen (secondary N) is 1. The van der Waals surface area contributed by atoms with Crippen molar-refractivity contribution < 1.29 is 18.3 Å². The second kappa shape index (κ2) is 6.48. The first-order valence-corrected chi connectivity index (χ1v) is 7.07. The van der Waals surface area contributed by atoms with Gasteiger partial charge in [0.15, 0.2) is 0 Å². The monoisotopic (exact) mass is 287 g/mol.